The number of amides is 2. The summed E-state index contributed by atoms with van der Waals surface area (Å²) in [4.78, 5) is 30.1. The molecule has 0 bridgehead atoms. The topological polar surface area (TPSA) is 86.4 Å². The lowest BCUT2D eigenvalue weighted by Crippen LogP contribution is -2.21. The predicted molar refractivity (Wildman–Crippen MR) is 125 cm³/mol. The largest absolute Gasteiger partial charge is 0.355 e. The Bertz CT molecular complexity index is 1120. The molecule has 3 rings (SSSR count). The molecule has 0 aliphatic rings. The van der Waals surface area contributed by atoms with Crippen molar-refractivity contribution in [3.05, 3.63) is 77.1 Å². The number of aromatic nitrogens is 1. The average Bonchev–Trinajstić information content (AvgIpc) is 2.76. The number of rotatable bonds is 6. The molecule has 0 radical (unpaired) electrons. The highest BCUT2D eigenvalue weighted by atomic mass is 16.2. The normalized spacial score (nSPS) is 10.4. The summed E-state index contributed by atoms with van der Waals surface area (Å²) in [5.41, 5.74) is 6.27. The minimum atomic E-state index is -0.252. The Morgan fingerprint density at radius 1 is 0.871 bits per heavy atom. The van der Waals surface area contributed by atoms with Crippen molar-refractivity contribution in [1.29, 1.82) is 0 Å². The van der Waals surface area contributed by atoms with E-state index in [0.717, 1.165) is 28.2 Å². The fourth-order valence-corrected chi connectivity index (χ4v) is 3.14. The maximum atomic E-state index is 12.2. The van der Waals surface area contributed by atoms with E-state index in [1.165, 1.54) is 0 Å². The zero-order valence-electron chi connectivity index (χ0n) is 18.4. The molecular weight excluding hydrogens is 390 g/mol. The van der Waals surface area contributed by atoms with Crippen LogP contribution in [0.2, 0.25) is 0 Å². The van der Waals surface area contributed by atoms with Gasteiger partial charge in [0, 0.05) is 50.0 Å². The van der Waals surface area contributed by atoms with Crippen LogP contribution in [0.3, 0.4) is 0 Å². The molecular formula is C24H27N5O2. The lowest BCUT2D eigenvalue weighted by atomic mass is 10.1. The molecule has 0 fully saturated rings. The van der Waals surface area contributed by atoms with Crippen LogP contribution in [0.5, 0.6) is 0 Å². The van der Waals surface area contributed by atoms with E-state index in [1.54, 1.807) is 38.3 Å². The van der Waals surface area contributed by atoms with E-state index in [-0.39, 0.29) is 11.8 Å². The SMILES string of the molecule is CNC(=O)c1ncccc1Nc1cc(Nc2ccc(C(=O)N(C)C)cc2C)ccc1C. The summed E-state index contributed by atoms with van der Waals surface area (Å²) in [7, 11) is 5.06. The number of carbonyl (C=O) groups is 2. The predicted octanol–water partition coefficient (Wildman–Crippen LogP) is 4.25. The molecule has 0 saturated carbocycles. The quantitative estimate of drug-likeness (QED) is 0.558. The molecule has 0 unspecified atom stereocenters. The number of carbonyl (C=O) groups excluding carboxylic acids is 2. The first kappa shape index (κ1) is 21.8. The molecule has 0 atom stereocenters. The standard InChI is InChI=1S/C24H27N5O2/c1-15-8-10-18(27-19-11-9-17(13-16(19)2)24(31)29(4)5)14-21(15)28-20-7-6-12-26-22(20)23(30)25-3/h6-14,27-28H,1-5H3,(H,25,30). The highest BCUT2D eigenvalue weighted by Crippen LogP contribution is 2.28. The molecule has 0 saturated heterocycles. The zero-order chi connectivity index (χ0) is 22.5. The van der Waals surface area contributed by atoms with E-state index >= 15 is 0 Å². The number of pyridine rings is 1. The molecule has 31 heavy (non-hydrogen) atoms. The van der Waals surface area contributed by atoms with Gasteiger partial charge in [0.15, 0.2) is 5.69 Å². The summed E-state index contributed by atoms with van der Waals surface area (Å²) >= 11 is 0. The van der Waals surface area contributed by atoms with Gasteiger partial charge in [0.25, 0.3) is 11.8 Å². The van der Waals surface area contributed by atoms with Gasteiger partial charge in [-0.25, -0.2) is 4.98 Å². The molecule has 2 amide bonds. The van der Waals surface area contributed by atoms with Gasteiger partial charge in [0.2, 0.25) is 0 Å². The summed E-state index contributed by atoms with van der Waals surface area (Å²) in [6.07, 6.45) is 1.59. The summed E-state index contributed by atoms with van der Waals surface area (Å²) < 4.78 is 0. The van der Waals surface area contributed by atoms with Crippen LogP contribution in [0.1, 0.15) is 32.0 Å². The van der Waals surface area contributed by atoms with Gasteiger partial charge in [-0.1, -0.05) is 6.07 Å². The van der Waals surface area contributed by atoms with Gasteiger partial charge in [-0.3, -0.25) is 9.59 Å². The van der Waals surface area contributed by atoms with Crippen LogP contribution in [0.15, 0.2) is 54.7 Å². The molecule has 7 heteroatoms. The number of hydrogen-bond acceptors (Lipinski definition) is 5. The van der Waals surface area contributed by atoms with Gasteiger partial charge in [0.05, 0.1) is 5.69 Å². The third kappa shape index (κ3) is 5.01. The second-order valence-electron chi connectivity index (χ2n) is 7.49. The Hall–Kier alpha value is -3.87. The van der Waals surface area contributed by atoms with Crippen molar-refractivity contribution in [2.75, 3.05) is 31.8 Å². The summed E-state index contributed by atoms with van der Waals surface area (Å²) in [5, 5.41) is 9.34. The van der Waals surface area contributed by atoms with Crippen molar-refractivity contribution >= 4 is 34.6 Å². The third-order valence-electron chi connectivity index (χ3n) is 4.92. The molecule has 0 aliphatic carbocycles. The summed E-state index contributed by atoms with van der Waals surface area (Å²) in [6.45, 7) is 3.96. The van der Waals surface area contributed by atoms with E-state index in [2.05, 4.69) is 20.9 Å². The maximum Gasteiger partial charge on any atom is 0.271 e. The number of anilines is 4. The van der Waals surface area contributed by atoms with Crippen LogP contribution < -0.4 is 16.0 Å². The highest BCUT2D eigenvalue weighted by Gasteiger charge is 2.13. The van der Waals surface area contributed by atoms with E-state index < -0.39 is 0 Å². The van der Waals surface area contributed by atoms with Crippen molar-refractivity contribution in [2.24, 2.45) is 0 Å². The molecule has 3 aromatic rings. The van der Waals surface area contributed by atoms with Crippen LogP contribution in [0.4, 0.5) is 22.7 Å². The van der Waals surface area contributed by atoms with Gasteiger partial charge < -0.3 is 20.9 Å². The Morgan fingerprint density at radius 2 is 1.65 bits per heavy atom. The van der Waals surface area contributed by atoms with Gasteiger partial charge >= 0.3 is 0 Å². The van der Waals surface area contributed by atoms with Crippen molar-refractivity contribution in [3.63, 3.8) is 0 Å². The van der Waals surface area contributed by atoms with Gasteiger partial charge in [-0.05, 0) is 67.4 Å². The monoisotopic (exact) mass is 417 g/mol. The average molecular weight is 418 g/mol. The molecule has 7 nitrogen and oxygen atoms in total. The third-order valence-corrected chi connectivity index (χ3v) is 4.92. The fraction of sp³-hybridized carbons (Fsp3) is 0.208. The lowest BCUT2D eigenvalue weighted by Gasteiger charge is -2.16. The first-order valence-corrected chi connectivity index (χ1v) is 9.94. The second-order valence-corrected chi connectivity index (χ2v) is 7.49. The zero-order valence-corrected chi connectivity index (χ0v) is 18.4. The summed E-state index contributed by atoms with van der Waals surface area (Å²) in [6, 6.07) is 15.2. The molecule has 160 valence electrons. The number of benzene rings is 2. The second kappa shape index (κ2) is 9.30. The number of nitrogens with zero attached hydrogens (tertiary/aromatic N) is 2. The Balaban J connectivity index is 1.86. The molecule has 3 N–H and O–H groups in total. The van der Waals surface area contributed by atoms with E-state index in [0.29, 0.717) is 16.9 Å². The minimum Gasteiger partial charge on any atom is -0.355 e. The number of hydrogen-bond donors (Lipinski definition) is 3. The van der Waals surface area contributed by atoms with Crippen LogP contribution in [0.25, 0.3) is 0 Å². The van der Waals surface area contributed by atoms with Crippen molar-refractivity contribution in [1.82, 2.24) is 15.2 Å². The van der Waals surface area contributed by atoms with Gasteiger partial charge in [0.1, 0.15) is 0 Å². The molecule has 1 aromatic heterocycles. The number of nitrogens with one attached hydrogen (secondary N) is 3. The first-order valence-electron chi connectivity index (χ1n) is 9.94. The molecule has 0 spiro atoms. The van der Waals surface area contributed by atoms with E-state index in [4.69, 9.17) is 0 Å². The van der Waals surface area contributed by atoms with Gasteiger partial charge in [-0.15, -0.1) is 0 Å². The first-order chi connectivity index (χ1) is 14.8. The van der Waals surface area contributed by atoms with Gasteiger partial charge in [-0.2, -0.15) is 0 Å². The Kier molecular flexibility index (Phi) is 6.55. The van der Waals surface area contributed by atoms with Crippen LogP contribution in [-0.4, -0.2) is 42.8 Å². The van der Waals surface area contributed by atoms with Crippen LogP contribution in [0, 0.1) is 13.8 Å². The van der Waals surface area contributed by atoms with Crippen molar-refractivity contribution < 1.29 is 9.59 Å². The summed E-state index contributed by atoms with van der Waals surface area (Å²) in [5.74, 6) is -0.280. The smallest absolute Gasteiger partial charge is 0.271 e. The van der Waals surface area contributed by atoms with Crippen molar-refractivity contribution in [2.45, 2.75) is 13.8 Å². The van der Waals surface area contributed by atoms with Crippen LogP contribution in [-0.2, 0) is 0 Å². The fourth-order valence-electron chi connectivity index (χ4n) is 3.14. The van der Waals surface area contributed by atoms with Crippen LogP contribution >= 0.6 is 0 Å². The highest BCUT2D eigenvalue weighted by molar-refractivity contribution is 5.98. The number of aryl methyl sites for hydroxylation is 2. The minimum absolute atomic E-state index is 0.0279. The lowest BCUT2D eigenvalue weighted by molar-refractivity contribution is 0.0827. The molecule has 2 aromatic carbocycles. The Labute approximate surface area is 182 Å². The van der Waals surface area contributed by atoms with E-state index in [9.17, 15) is 9.59 Å². The molecule has 0 aliphatic heterocycles. The molecule has 1 heterocycles. The Morgan fingerprint density at radius 3 is 2.32 bits per heavy atom. The maximum absolute atomic E-state index is 12.2. The van der Waals surface area contributed by atoms with Crippen molar-refractivity contribution in [3.8, 4) is 0 Å². The van der Waals surface area contributed by atoms with E-state index in [1.807, 2.05) is 56.3 Å².